The van der Waals surface area contributed by atoms with Gasteiger partial charge in [-0.2, -0.15) is 0 Å². The lowest BCUT2D eigenvalue weighted by Gasteiger charge is -2.11. The van der Waals surface area contributed by atoms with E-state index in [1.165, 1.54) is 11.1 Å². The number of hydrogen-bond acceptors (Lipinski definition) is 6. The SMILES string of the molecule is CNc1nccc(-c2cccnc2Oc2ccc(NC(=O)NCCc3cccc(C)c3)cc2)n1. The third kappa shape index (κ3) is 6.07. The summed E-state index contributed by atoms with van der Waals surface area (Å²) in [7, 11) is 1.76. The topological polar surface area (TPSA) is 101 Å². The number of nitrogens with one attached hydrogen (secondary N) is 3. The molecule has 2 heterocycles. The van der Waals surface area contributed by atoms with Gasteiger partial charge in [-0.15, -0.1) is 0 Å². The molecule has 0 spiro atoms. The Hall–Kier alpha value is -4.46. The zero-order valence-electron chi connectivity index (χ0n) is 19.1. The molecular formula is C26H26N6O2. The van der Waals surface area contributed by atoms with Gasteiger partial charge in [0.2, 0.25) is 11.8 Å². The maximum Gasteiger partial charge on any atom is 0.319 e. The molecule has 0 radical (unpaired) electrons. The largest absolute Gasteiger partial charge is 0.438 e. The molecule has 0 atom stereocenters. The zero-order chi connectivity index (χ0) is 23.8. The number of carbonyl (C=O) groups is 1. The minimum atomic E-state index is -0.252. The fraction of sp³-hybridized carbons (Fsp3) is 0.154. The summed E-state index contributed by atoms with van der Waals surface area (Å²) in [4.78, 5) is 25.2. The second-order valence-electron chi connectivity index (χ2n) is 7.62. The lowest BCUT2D eigenvalue weighted by Crippen LogP contribution is -2.30. The van der Waals surface area contributed by atoms with E-state index in [2.05, 4.69) is 56.0 Å². The lowest BCUT2D eigenvalue weighted by molar-refractivity contribution is 0.252. The van der Waals surface area contributed by atoms with Gasteiger partial charge < -0.3 is 20.7 Å². The molecule has 0 saturated carbocycles. The molecule has 8 heteroatoms. The molecule has 0 aliphatic rings. The summed E-state index contributed by atoms with van der Waals surface area (Å²) in [5, 5.41) is 8.64. The highest BCUT2D eigenvalue weighted by Crippen LogP contribution is 2.30. The predicted octanol–water partition coefficient (Wildman–Crippen LogP) is 5.05. The van der Waals surface area contributed by atoms with Gasteiger partial charge in [-0.05, 0) is 61.4 Å². The Morgan fingerprint density at radius 3 is 2.62 bits per heavy atom. The lowest BCUT2D eigenvalue weighted by atomic mass is 10.1. The van der Waals surface area contributed by atoms with Crippen molar-refractivity contribution in [1.82, 2.24) is 20.3 Å². The summed E-state index contributed by atoms with van der Waals surface area (Å²) in [6, 6.07) is 20.6. The monoisotopic (exact) mass is 454 g/mol. The summed E-state index contributed by atoms with van der Waals surface area (Å²) < 4.78 is 6.00. The molecule has 2 amide bonds. The van der Waals surface area contributed by atoms with Crippen molar-refractivity contribution < 1.29 is 9.53 Å². The first-order valence-electron chi connectivity index (χ1n) is 11.0. The number of rotatable bonds is 8. The maximum absolute atomic E-state index is 12.2. The van der Waals surface area contributed by atoms with Crippen molar-refractivity contribution in [1.29, 1.82) is 0 Å². The highest BCUT2D eigenvalue weighted by Gasteiger charge is 2.11. The molecule has 0 unspecified atom stereocenters. The van der Waals surface area contributed by atoms with Crippen LogP contribution in [0.5, 0.6) is 11.6 Å². The van der Waals surface area contributed by atoms with Crippen molar-refractivity contribution in [2.24, 2.45) is 0 Å². The van der Waals surface area contributed by atoms with Gasteiger partial charge in [0, 0.05) is 31.7 Å². The van der Waals surface area contributed by atoms with E-state index in [0.29, 0.717) is 35.5 Å². The molecule has 0 bridgehead atoms. The molecule has 172 valence electrons. The third-order valence-corrected chi connectivity index (χ3v) is 5.03. The first-order valence-corrected chi connectivity index (χ1v) is 11.0. The maximum atomic E-state index is 12.2. The quantitative estimate of drug-likeness (QED) is 0.345. The van der Waals surface area contributed by atoms with E-state index in [4.69, 9.17) is 4.74 Å². The average Bonchev–Trinajstić information content (AvgIpc) is 2.86. The number of amides is 2. The molecule has 3 N–H and O–H groups in total. The molecule has 0 aliphatic carbocycles. The number of anilines is 2. The molecule has 0 fully saturated rings. The number of urea groups is 1. The number of nitrogens with zero attached hydrogens (tertiary/aromatic N) is 3. The summed E-state index contributed by atoms with van der Waals surface area (Å²) in [5.41, 5.74) is 4.51. The summed E-state index contributed by atoms with van der Waals surface area (Å²) in [6.45, 7) is 2.61. The number of aryl methyl sites for hydroxylation is 1. The van der Waals surface area contributed by atoms with Crippen LogP contribution in [0.1, 0.15) is 11.1 Å². The van der Waals surface area contributed by atoms with E-state index < -0.39 is 0 Å². The van der Waals surface area contributed by atoms with Crippen LogP contribution in [0.4, 0.5) is 16.4 Å². The first kappa shape index (κ1) is 22.7. The zero-order valence-corrected chi connectivity index (χ0v) is 19.1. The molecule has 4 rings (SSSR count). The van der Waals surface area contributed by atoms with Crippen LogP contribution in [-0.4, -0.2) is 34.6 Å². The van der Waals surface area contributed by atoms with Crippen molar-refractivity contribution in [2.75, 3.05) is 24.2 Å². The van der Waals surface area contributed by atoms with Crippen LogP contribution in [0.2, 0.25) is 0 Å². The summed E-state index contributed by atoms with van der Waals surface area (Å²) in [5.74, 6) is 1.53. The molecule has 34 heavy (non-hydrogen) atoms. The minimum absolute atomic E-state index is 0.252. The first-order chi connectivity index (χ1) is 16.6. The number of carbonyl (C=O) groups excluding carboxylic acids is 1. The number of benzene rings is 2. The van der Waals surface area contributed by atoms with Crippen LogP contribution in [0, 0.1) is 6.92 Å². The molecule has 0 saturated heterocycles. The van der Waals surface area contributed by atoms with Gasteiger partial charge in [0.15, 0.2) is 0 Å². The smallest absolute Gasteiger partial charge is 0.319 e. The second-order valence-corrected chi connectivity index (χ2v) is 7.62. The Kier molecular flexibility index (Phi) is 7.29. The Morgan fingerprint density at radius 2 is 1.82 bits per heavy atom. The van der Waals surface area contributed by atoms with Crippen molar-refractivity contribution in [3.63, 3.8) is 0 Å². The molecule has 4 aromatic rings. The third-order valence-electron chi connectivity index (χ3n) is 5.03. The number of aromatic nitrogens is 3. The van der Waals surface area contributed by atoms with Crippen LogP contribution in [0.15, 0.2) is 79.1 Å². The fourth-order valence-corrected chi connectivity index (χ4v) is 3.38. The Labute approximate surface area is 198 Å². The standard InChI is InChI=1S/C26H26N6O2/c1-18-5-3-6-19(17-18)12-15-30-26(33)31-20-8-10-21(11-9-20)34-24-22(7-4-14-28-24)23-13-16-29-25(27-2)32-23/h3-11,13-14,16-17H,12,15H2,1-2H3,(H,27,29,32)(H2,30,31,33). The van der Waals surface area contributed by atoms with Crippen molar-refractivity contribution in [3.05, 3.63) is 90.3 Å². The molecular weight excluding hydrogens is 428 g/mol. The van der Waals surface area contributed by atoms with E-state index in [1.54, 1.807) is 49.8 Å². The van der Waals surface area contributed by atoms with Crippen LogP contribution in [-0.2, 0) is 6.42 Å². The van der Waals surface area contributed by atoms with Gasteiger partial charge in [0.25, 0.3) is 0 Å². The predicted molar refractivity (Wildman–Crippen MR) is 133 cm³/mol. The molecule has 0 aliphatic heterocycles. The van der Waals surface area contributed by atoms with Crippen molar-refractivity contribution >= 4 is 17.7 Å². The van der Waals surface area contributed by atoms with E-state index in [1.807, 2.05) is 18.2 Å². The second kappa shape index (κ2) is 10.9. The van der Waals surface area contributed by atoms with Gasteiger partial charge in [-0.3, -0.25) is 0 Å². The Balaban J connectivity index is 1.35. The number of pyridine rings is 1. The highest BCUT2D eigenvalue weighted by molar-refractivity contribution is 5.89. The van der Waals surface area contributed by atoms with Crippen molar-refractivity contribution in [3.8, 4) is 22.9 Å². The summed E-state index contributed by atoms with van der Waals surface area (Å²) >= 11 is 0. The van der Waals surface area contributed by atoms with Gasteiger partial charge in [-0.25, -0.2) is 19.7 Å². The number of ether oxygens (including phenoxy) is 1. The van der Waals surface area contributed by atoms with Crippen LogP contribution >= 0.6 is 0 Å². The van der Waals surface area contributed by atoms with Crippen LogP contribution in [0.3, 0.4) is 0 Å². The Morgan fingerprint density at radius 1 is 0.971 bits per heavy atom. The van der Waals surface area contributed by atoms with E-state index in [0.717, 1.165) is 12.0 Å². The van der Waals surface area contributed by atoms with Crippen LogP contribution in [0.25, 0.3) is 11.3 Å². The van der Waals surface area contributed by atoms with Gasteiger partial charge in [-0.1, -0.05) is 29.8 Å². The normalized spacial score (nSPS) is 10.4. The summed E-state index contributed by atoms with van der Waals surface area (Å²) in [6.07, 6.45) is 4.11. The van der Waals surface area contributed by atoms with E-state index in [-0.39, 0.29) is 6.03 Å². The Bertz CT molecular complexity index is 1260. The van der Waals surface area contributed by atoms with Gasteiger partial charge >= 0.3 is 6.03 Å². The van der Waals surface area contributed by atoms with Gasteiger partial charge in [0.05, 0.1) is 11.3 Å². The molecule has 2 aromatic heterocycles. The van der Waals surface area contributed by atoms with Gasteiger partial charge in [0.1, 0.15) is 5.75 Å². The fourth-order valence-electron chi connectivity index (χ4n) is 3.38. The van der Waals surface area contributed by atoms with Crippen LogP contribution < -0.4 is 20.7 Å². The average molecular weight is 455 g/mol. The highest BCUT2D eigenvalue weighted by atomic mass is 16.5. The van der Waals surface area contributed by atoms with E-state index >= 15 is 0 Å². The molecule has 2 aromatic carbocycles. The minimum Gasteiger partial charge on any atom is -0.438 e. The molecule has 8 nitrogen and oxygen atoms in total. The van der Waals surface area contributed by atoms with E-state index in [9.17, 15) is 4.79 Å². The number of hydrogen-bond donors (Lipinski definition) is 3. The van der Waals surface area contributed by atoms with Crippen molar-refractivity contribution in [2.45, 2.75) is 13.3 Å².